The van der Waals surface area contributed by atoms with Crippen LogP contribution >= 0.6 is 0 Å². The Morgan fingerprint density at radius 2 is 1.00 bits per heavy atom. The quantitative estimate of drug-likeness (QED) is 0.150. The summed E-state index contributed by atoms with van der Waals surface area (Å²) in [6.07, 6.45) is 0. The summed E-state index contributed by atoms with van der Waals surface area (Å²) >= 11 is 0. The van der Waals surface area contributed by atoms with Gasteiger partial charge >= 0.3 is 0 Å². The van der Waals surface area contributed by atoms with Crippen LogP contribution in [0.1, 0.15) is 25.0 Å². The standard InChI is InChI=1S/C59H42N2O/c1-59(2)53-28-15-14-27-49(53)52-36-42-30-29-40-19-12-13-26-48(40)56(42)58(57(52)59)61(44-22-10-5-11-23-44)46-25-16-24-45(37-46)60(43-20-8-4-9-21-43)47-32-33-50-51-35-41(39-17-6-3-7-18-39)31-34-54(51)62-55(50)38-47/h3-38H,1-2H3. The molecular weight excluding hydrogens is 753 g/mol. The van der Waals surface area contributed by atoms with Crippen molar-refractivity contribution in [3.05, 3.63) is 230 Å². The van der Waals surface area contributed by atoms with E-state index < -0.39 is 0 Å². The maximum absolute atomic E-state index is 6.61. The molecule has 0 unspecified atom stereocenters. The molecule has 0 atom stereocenters. The smallest absolute Gasteiger partial charge is 0.137 e. The van der Waals surface area contributed by atoms with Gasteiger partial charge in [0.2, 0.25) is 0 Å². The van der Waals surface area contributed by atoms with Crippen molar-refractivity contribution < 1.29 is 4.42 Å². The molecular formula is C59H42N2O. The first kappa shape index (κ1) is 36.0. The topological polar surface area (TPSA) is 19.6 Å². The Morgan fingerprint density at radius 3 is 1.79 bits per heavy atom. The molecule has 10 aromatic carbocycles. The van der Waals surface area contributed by atoms with Crippen LogP contribution in [0.2, 0.25) is 0 Å². The number of rotatable bonds is 7. The molecule has 0 radical (unpaired) electrons. The monoisotopic (exact) mass is 794 g/mol. The van der Waals surface area contributed by atoms with Crippen LogP contribution in [0.25, 0.3) is 65.7 Å². The molecule has 3 heteroatoms. The third-order valence-corrected chi connectivity index (χ3v) is 12.9. The van der Waals surface area contributed by atoms with Gasteiger partial charge in [-0.15, -0.1) is 0 Å². The number of hydrogen-bond acceptors (Lipinski definition) is 3. The number of nitrogens with zero attached hydrogens (tertiary/aromatic N) is 2. The van der Waals surface area contributed by atoms with Gasteiger partial charge in [0.25, 0.3) is 0 Å². The van der Waals surface area contributed by atoms with Gasteiger partial charge in [-0.1, -0.05) is 153 Å². The van der Waals surface area contributed by atoms with E-state index in [1.807, 2.05) is 0 Å². The van der Waals surface area contributed by atoms with E-state index in [1.165, 1.54) is 60.6 Å². The van der Waals surface area contributed by atoms with Crippen molar-refractivity contribution in [2.45, 2.75) is 19.3 Å². The second-order valence-electron chi connectivity index (χ2n) is 16.9. The molecule has 0 amide bonds. The molecule has 1 aliphatic carbocycles. The summed E-state index contributed by atoms with van der Waals surface area (Å²) in [7, 11) is 0. The first-order chi connectivity index (χ1) is 30.5. The zero-order chi connectivity index (χ0) is 41.4. The van der Waals surface area contributed by atoms with Gasteiger partial charge in [0, 0.05) is 56.1 Å². The lowest BCUT2D eigenvalue weighted by molar-refractivity contribution is 0.661. The largest absolute Gasteiger partial charge is 0.456 e. The minimum Gasteiger partial charge on any atom is -0.456 e. The maximum atomic E-state index is 6.61. The van der Waals surface area contributed by atoms with Crippen molar-refractivity contribution in [3.63, 3.8) is 0 Å². The van der Waals surface area contributed by atoms with Crippen molar-refractivity contribution in [1.82, 2.24) is 0 Å². The highest BCUT2D eigenvalue weighted by Crippen LogP contribution is 2.57. The number of anilines is 6. The van der Waals surface area contributed by atoms with E-state index in [4.69, 9.17) is 4.42 Å². The normalized spacial score (nSPS) is 12.8. The molecule has 62 heavy (non-hydrogen) atoms. The molecule has 294 valence electrons. The fourth-order valence-corrected chi connectivity index (χ4v) is 10.1. The van der Waals surface area contributed by atoms with Crippen molar-refractivity contribution in [1.29, 1.82) is 0 Å². The van der Waals surface area contributed by atoms with Crippen molar-refractivity contribution in [2.24, 2.45) is 0 Å². The second kappa shape index (κ2) is 14.1. The third-order valence-electron chi connectivity index (χ3n) is 12.9. The van der Waals surface area contributed by atoms with E-state index >= 15 is 0 Å². The van der Waals surface area contributed by atoms with Crippen molar-refractivity contribution in [3.8, 4) is 22.3 Å². The van der Waals surface area contributed by atoms with Crippen LogP contribution in [0.5, 0.6) is 0 Å². The third kappa shape index (κ3) is 5.66. The van der Waals surface area contributed by atoms with Crippen molar-refractivity contribution >= 4 is 77.6 Å². The molecule has 0 aliphatic heterocycles. The molecule has 12 rings (SSSR count). The summed E-state index contributed by atoms with van der Waals surface area (Å²) in [5.41, 5.74) is 15.6. The van der Waals surface area contributed by atoms with E-state index in [2.05, 4.69) is 242 Å². The Kier molecular flexibility index (Phi) is 8.20. The SMILES string of the molecule is CC1(C)c2ccccc2-c2cc3ccc4ccccc4c3c(N(c3ccccc3)c3cccc(N(c4ccccc4)c4ccc5c(c4)oc4ccc(-c6ccccc6)cc45)c3)c21. The molecule has 1 aromatic heterocycles. The molecule has 0 bridgehead atoms. The van der Waals surface area contributed by atoms with Gasteiger partial charge in [0.15, 0.2) is 0 Å². The summed E-state index contributed by atoms with van der Waals surface area (Å²) < 4.78 is 6.61. The van der Waals surface area contributed by atoms with Gasteiger partial charge in [-0.3, -0.25) is 0 Å². The average Bonchev–Trinajstić information content (AvgIpc) is 3.80. The van der Waals surface area contributed by atoms with Crippen LogP contribution in [-0.2, 0) is 5.41 Å². The van der Waals surface area contributed by atoms with E-state index in [9.17, 15) is 0 Å². The lowest BCUT2D eigenvalue weighted by atomic mass is 9.79. The summed E-state index contributed by atoms with van der Waals surface area (Å²) in [6.45, 7) is 4.79. The zero-order valence-electron chi connectivity index (χ0n) is 34.6. The molecule has 0 N–H and O–H groups in total. The number of fused-ring (bicyclic) bond motifs is 9. The Bertz CT molecular complexity index is 3500. The van der Waals surface area contributed by atoms with Gasteiger partial charge < -0.3 is 14.2 Å². The Morgan fingerprint density at radius 1 is 0.371 bits per heavy atom. The number of benzene rings is 10. The maximum Gasteiger partial charge on any atom is 0.137 e. The van der Waals surface area contributed by atoms with E-state index in [0.717, 1.165) is 50.4 Å². The fourth-order valence-electron chi connectivity index (χ4n) is 10.1. The Labute approximate surface area is 361 Å². The molecule has 0 saturated carbocycles. The molecule has 3 nitrogen and oxygen atoms in total. The van der Waals surface area contributed by atoms with Gasteiger partial charge in [0.1, 0.15) is 11.2 Å². The number of para-hydroxylation sites is 2. The van der Waals surface area contributed by atoms with Crippen LogP contribution in [0, 0.1) is 0 Å². The van der Waals surface area contributed by atoms with Gasteiger partial charge in [-0.2, -0.15) is 0 Å². The average molecular weight is 795 g/mol. The van der Waals surface area contributed by atoms with E-state index in [-0.39, 0.29) is 5.41 Å². The molecule has 0 saturated heterocycles. The first-order valence-electron chi connectivity index (χ1n) is 21.4. The molecule has 1 heterocycles. The number of hydrogen-bond donors (Lipinski definition) is 0. The lowest BCUT2D eigenvalue weighted by Crippen LogP contribution is -2.21. The minimum absolute atomic E-state index is 0.267. The second-order valence-corrected chi connectivity index (χ2v) is 16.9. The van der Waals surface area contributed by atoms with E-state index in [1.54, 1.807) is 0 Å². The van der Waals surface area contributed by atoms with Gasteiger partial charge in [-0.05, 0) is 122 Å². The highest BCUT2D eigenvalue weighted by atomic mass is 16.3. The van der Waals surface area contributed by atoms with Crippen LogP contribution in [0.15, 0.2) is 223 Å². The lowest BCUT2D eigenvalue weighted by Gasteiger charge is -2.34. The highest BCUT2D eigenvalue weighted by molar-refractivity contribution is 6.19. The molecule has 0 fully saturated rings. The summed E-state index contributed by atoms with van der Waals surface area (Å²) in [5, 5.41) is 7.15. The molecule has 1 aliphatic rings. The summed E-state index contributed by atoms with van der Waals surface area (Å²) in [4.78, 5) is 4.86. The highest BCUT2D eigenvalue weighted by Gasteiger charge is 2.40. The number of furan rings is 1. The molecule has 11 aromatic rings. The van der Waals surface area contributed by atoms with Crippen molar-refractivity contribution in [2.75, 3.05) is 9.80 Å². The Balaban J connectivity index is 1.08. The predicted octanol–water partition coefficient (Wildman–Crippen LogP) is 16.8. The molecule has 0 spiro atoms. The first-order valence-corrected chi connectivity index (χ1v) is 21.4. The van der Waals surface area contributed by atoms with E-state index in [0.29, 0.717) is 0 Å². The summed E-state index contributed by atoms with van der Waals surface area (Å²) in [6, 6.07) is 79.1. The van der Waals surface area contributed by atoms with Gasteiger partial charge in [-0.25, -0.2) is 0 Å². The van der Waals surface area contributed by atoms with Crippen LogP contribution in [0.4, 0.5) is 34.1 Å². The fraction of sp³-hybridized carbons (Fsp3) is 0.0508. The zero-order valence-corrected chi connectivity index (χ0v) is 34.6. The minimum atomic E-state index is -0.267. The predicted molar refractivity (Wildman–Crippen MR) is 261 cm³/mol. The van der Waals surface area contributed by atoms with Crippen LogP contribution in [-0.4, -0.2) is 0 Å². The summed E-state index contributed by atoms with van der Waals surface area (Å²) in [5.74, 6) is 0. The van der Waals surface area contributed by atoms with Gasteiger partial charge in [0.05, 0.1) is 5.69 Å². The van der Waals surface area contributed by atoms with Crippen LogP contribution in [0.3, 0.4) is 0 Å². The van der Waals surface area contributed by atoms with Crippen LogP contribution < -0.4 is 9.80 Å². The Hall–Kier alpha value is -7.88.